The van der Waals surface area contributed by atoms with Gasteiger partial charge in [0.1, 0.15) is 5.75 Å². The Balaban J connectivity index is 1.85. The first-order valence-electron chi connectivity index (χ1n) is 8.36. The average molecular weight is 338 g/mol. The summed E-state index contributed by atoms with van der Waals surface area (Å²) >= 11 is 0. The summed E-state index contributed by atoms with van der Waals surface area (Å²) in [5.74, 6) is 0.521. The van der Waals surface area contributed by atoms with Crippen LogP contribution in [0.4, 0.5) is 11.4 Å². The second-order valence-corrected chi connectivity index (χ2v) is 6.31. The number of hydrogen-bond acceptors (Lipinski definition) is 3. The number of nitrogens with zero attached hydrogens (tertiary/aromatic N) is 1. The van der Waals surface area contributed by atoms with Crippen LogP contribution in [0.2, 0.25) is 0 Å². The molecule has 2 aromatic carbocycles. The molecule has 0 aromatic heterocycles. The topological polar surface area (TPSA) is 58.6 Å². The van der Waals surface area contributed by atoms with Crippen LogP contribution in [0.25, 0.3) is 0 Å². The summed E-state index contributed by atoms with van der Waals surface area (Å²) in [5.41, 5.74) is 4.00. The van der Waals surface area contributed by atoms with Gasteiger partial charge in [0.15, 0.2) is 0 Å². The third kappa shape index (κ3) is 3.50. The lowest BCUT2D eigenvalue weighted by molar-refractivity contribution is -0.117. The smallest absolute Gasteiger partial charge is 0.255 e. The van der Waals surface area contributed by atoms with Crippen molar-refractivity contribution < 1.29 is 14.3 Å². The molecule has 5 nitrogen and oxygen atoms in total. The summed E-state index contributed by atoms with van der Waals surface area (Å²) in [6.45, 7) is 4.57. The lowest BCUT2D eigenvalue weighted by atomic mass is 10.0. The highest BCUT2D eigenvalue weighted by molar-refractivity contribution is 6.06. The Labute approximate surface area is 147 Å². The summed E-state index contributed by atoms with van der Waals surface area (Å²) < 4.78 is 5.43. The molecule has 1 heterocycles. The van der Waals surface area contributed by atoms with Crippen molar-refractivity contribution in [1.29, 1.82) is 0 Å². The van der Waals surface area contributed by atoms with Crippen LogP contribution in [0.1, 0.15) is 34.3 Å². The number of aryl methyl sites for hydroxylation is 2. The number of benzene rings is 2. The standard InChI is InChI=1S/C20H22N2O3/c1-13-6-7-14(2)16(11-13)20(24)21-15-8-9-17(18(12-15)25-3)22-10-4-5-19(22)23/h6-9,11-12H,4-5,10H2,1-3H3,(H,21,24). The maximum atomic E-state index is 12.6. The fourth-order valence-electron chi connectivity index (χ4n) is 3.06. The van der Waals surface area contributed by atoms with Gasteiger partial charge in [0.2, 0.25) is 5.91 Å². The van der Waals surface area contributed by atoms with Gasteiger partial charge in [0.25, 0.3) is 5.91 Å². The zero-order chi connectivity index (χ0) is 18.0. The van der Waals surface area contributed by atoms with Gasteiger partial charge in [-0.25, -0.2) is 0 Å². The largest absolute Gasteiger partial charge is 0.494 e. The molecule has 2 aromatic rings. The lowest BCUT2D eigenvalue weighted by Crippen LogP contribution is -2.24. The van der Waals surface area contributed by atoms with Crippen LogP contribution >= 0.6 is 0 Å². The van der Waals surface area contributed by atoms with Gasteiger partial charge in [-0.05, 0) is 44.0 Å². The van der Waals surface area contributed by atoms with E-state index in [1.807, 2.05) is 38.1 Å². The van der Waals surface area contributed by atoms with Gasteiger partial charge in [-0.15, -0.1) is 0 Å². The summed E-state index contributed by atoms with van der Waals surface area (Å²) in [7, 11) is 1.57. The molecule has 0 radical (unpaired) electrons. The van der Waals surface area contributed by atoms with Crippen LogP contribution in [0.15, 0.2) is 36.4 Å². The number of ether oxygens (including phenoxy) is 1. The van der Waals surface area contributed by atoms with Gasteiger partial charge < -0.3 is 15.0 Å². The minimum Gasteiger partial charge on any atom is -0.494 e. The fraction of sp³-hybridized carbons (Fsp3) is 0.300. The lowest BCUT2D eigenvalue weighted by Gasteiger charge is -2.20. The number of methoxy groups -OCH3 is 1. The minimum atomic E-state index is -0.159. The molecule has 0 unspecified atom stereocenters. The molecule has 0 atom stereocenters. The highest BCUT2D eigenvalue weighted by Crippen LogP contribution is 2.34. The van der Waals surface area contributed by atoms with E-state index in [2.05, 4.69) is 5.32 Å². The SMILES string of the molecule is COc1cc(NC(=O)c2cc(C)ccc2C)ccc1N1CCCC1=O. The van der Waals surface area contributed by atoms with Gasteiger partial charge in [-0.3, -0.25) is 9.59 Å². The van der Waals surface area contributed by atoms with E-state index >= 15 is 0 Å². The van der Waals surface area contributed by atoms with Crippen LogP contribution in [-0.4, -0.2) is 25.5 Å². The minimum absolute atomic E-state index is 0.102. The van der Waals surface area contributed by atoms with Crippen molar-refractivity contribution in [2.75, 3.05) is 23.9 Å². The van der Waals surface area contributed by atoms with Crippen LogP contribution < -0.4 is 15.0 Å². The van der Waals surface area contributed by atoms with E-state index in [9.17, 15) is 9.59 Å². The van der Waals surface area contributed by atoms with Gasteiger partial charge >= 0.3 is 0 Å². The molecule has 1 aliphatic heterocycles. The molecule has 0 spiro atoms. The molecule has 0 saturated carbocycles. The Hall–Kier alpha value is -2.82. The van der Waals surface area contributed by atoms with E-state index in [1.165, 1.54) is 0 Å². The van der Waals surface area contributed by atoms with Crippen LogP contribution in [0, 0.1) is 13.8 Å². The predicted octanol–water partition coefficient (Wildman–Crippen LogP) is 3.69. The maximum absolute atomic E-state index is 12.6. The van der Waals surface area contributed by atoms with Crippen LogP contribution in [0.3, 0.4) is 0 Å². The zero-order valence-corrected chi connectivity index (χ0v) is 14.8. The predicted molar refractivity (Wildman–Crippen MR) is 98.5 cm³/mol. The monoisotopic (exact) mass is 338 g/mol. The maximum Gasteiger partial charge on any atom is 0.255 e. The van der Waals surface area contributed by atoms with Crippen molar-refractivity contribution in [3.05, 3.63) is 53.1 Å². The first kappa shape index (κ1) is 17.0. The molecular formula is C20H22N2O3. The van der Waals surface area contributed by atoms with E-state index in [0.717, 1.165) is 23.2 Å². The van der Waals surface area contributed by atoms with Gasteiger partial charge in [-0.1, -0.05) is 17.7 Å². The number of anilines is 2. The normalized spacial score (nSPS) is 13.9. The van der Waals surface area contributed by atoms with E-state index < -0.39 is 0 Å². The molecule has 0 aliphatic carbocycles. The van der Waals surface area contributed by atoms with E-state index in [0.29, 0.717) is 30.0 Å². The Morgan fingerprint density at radius 2 is 1.96 bits per heavy atom. The Morgan fingerprint density at radius 3 is 2.64 bits per heavy atom. The average Bonchev–Trinajstić information content (AvgIpc) is 3.02. The summed E-state index contributed by atoms with van der Waals surface area (Å²) in [5, 5.41) is 2.91. The summed E-state index contributed by atoms with van der Waals surface area (Å²) in [4.78, 5) is 26.3. The molecule has 1 saturated heterocycles. The summed E-state index contributed by atoms with van der Waals surface area (Å²) in [6, 6.07) is 11.2. The molecule has 0 bridgehead atoms. The van der Waals surface area contributed by atoms with Gasteiger partial charge in [0, 0.05) is 30.3 Å². The van der Waals surface area contributed by atoms with E-state index in [4.69, 9.17) is 4.74 Å². The number of rotatable bonds is 4. The number of amides is 2. The molecule has 2 amide bonds. The first-order valence-corrected chi connectivity index (χ1v) is 8.36. The molecular weight excluding hydrogens is 316 g/mol. The highest BCUT2D eigenvalue weighted by atomic mass is 16.5. The number of carbonyl (C=O) groups excluding carboxylic acids is 2. The Morgan fingerprint density at radius 1 is 1.16 bits per heavy atom. The van der Waals surface area contributed by atoms with Crippen molar-refractivity contribution in [2.45, 2.75) is 26.7 Å². The third-order valence-electron chi connectivity index (χ3n) is 4.44. The molecule has 1 aliphatic rings. The zero-order valence-electron chi connectivity index (χ0n) is 14.8. The molecule has 1 N–H and O–H groups in total. The van der Waals surface area contributed by atoms with E-state index in [1.54, 1.807) is 24.1 Å². The Bertz CT molecular complexity index is 830. The van der Waals surface area contributed by atoms with Crippen LogP contribution in [0.5, 0.6) is 5.75 Å². The second kappa shape index (κ2) is 6.97. The highest BCUT2D eigenvalue weighted by Gasteiger charge is 2.24. The van der Waals surface area contributed by atoms with Crippen LogP contribution in [-0.2, 0) is 4.79 Å². The second-order valence-electron chi connectivity index (χ2n) is 6.31. The Kier molecular flexibility index (Phi) is 4.74. The molecule has 25 heavy (non-hydrogen) atoms. The van der Waals surface area contributed by atoms with Gasteiger partial charge in [-0.2, -0.15) is 0 Å². The van der Waals surface area contributed by atoms with Crippen molar-refractivity contribution in [3.8, 4) is 5.75 Å². The third-order valence-corrected chi connectivity index (χ3v) is 4.44. The fourth-order valence-corrected chi connectivity index (χ4v) is 3.06. The number of hydrogen-bond donors (Lipinski definition) is 1. The van der Waals surface area contributed by atoms with Crippen molar-refractivity contribution in [2.24, 2.45) is 0 Å². The van der Waals surface area contributed by atoms with Crippen molar-refractivity contribution >= 4 is 23.2 Å². The quantitative estimate of drug-likeness (QED) is 0.925. The first-order chi connectivity index (χ1) is 12.0. The van der Waals surface area contributed by atoms with Crippen molar-refractivity contribution in [1.82, 2.24) is 0 Å². The number of carbonyl (C=O) groups is 2. The van der Waals surface area contributed by atoms with Gasteiger partial charge in [0.05, 0.1) is 12.8 Å². The molecule has 1 fully saturated rings. The molecule has 130 valence electrons. The molecule has 5 heteroatoms. The summed E-state index contributed by atoms with van der Waals surface area (Å²) in [6.07, 6.45) is 1.42. The number of nitrogens with one attached hydrogen (secondary N) is 1. The molecule has 3 rings (SSSR count). The van der Waals surface area contributed by atoms with Crippen molar-refractivity contribution in [3.63, 3.8) is 0 Å². The van der Waals surface area contributed by atoms with E-state index in [-0.39, 0.29) is 11.8 Å².